The Morgan fingerprint density at radius 2 is 1.58 bits per heavy atom. The molecule has 4 N–H and O–H groups in total. The monoisotopic (exact) mass is 321 g/mol. The van der Waals surface area contributed by atoms with E-state index in [9.17, 15) is 0 Å². The average molecular weight is 322 g/mol. The van der Waals surface area contributed by atoms with Gasteiger partial charge in [-0.05, 0) is 18.2 Å². The molecule has 0 radical (unpaired) electrons. The molecule has 0 aliphatic carbocycles. The van der Waals surface area contributed by atoms with E-state index in [1.54, 1.807) is 0 Å². The summed E-state index contributed by atoms with van der Waals surface area (Å²) in [6, 6.07) is 17.3. The minimum absolute atomic E-state index is 0. The molecule has 0 atom stereocenters. The molecule has 0 saturated carbocycles. The lowest BCUT2D eigenvalue weighted by Gasteiger charge is -2.09. The number of hydrogen-bond acceptors (Lipinski definition) is 2. The number of guanidine groups is 1. The van der Waals surface area contributed by atoms with Gasteiger partial charge >= 0.3 is 0 Å². The van der Waals surface area contributed by atoms with Gasteiger partial charge in [0, 0.05) is 5.56 Å². The first kappa shape index (κ1) is 15.0. The summed E-state index contributed by atoms with van der Waals surface area (Å²) in [4.78, 5) is 3.99. The number of para-hydroxylation sites is 2. The molecule has 0 aromatic heterocycles. The van der Waals surface area contributed by atoms with Crippen molar-refractivity contribution in [3.8, 4) is 11.5 Å². The SMILES string of the molecule is Br.NC(N)=NCc1ccccc1Oc1ccccc1. The maximum atomic E-state index is 5.79. The summed E-state index contributed by atoms with van der Waals surface area (Å²) < 4.78 is 5.79. The highest BCUT2D eigenvalue weighted by Crippen LogP contribution is 2.25. The van der Waals surface area contributed by atoms with E-state index in [-0.39, 0.29) is 22.9 Å². The van der Waals surface area contributed by atoms with Gasteiger partial charge in [-0.1, -0.05) is 36.4 Å². The first-order valence-corrected chi connectivity index (χ1v) is 5.62. The predicted octanol–water partition coefficient (Wildman–Crippen LogP) is 2.83. The smallest absolute Gasteiger partial charge is 0.186 e. The highest BCUT2D eigenvalue weighted by molar-refractivity contribution is 8.93. The fourth-order valence-corrected chi connectivity index (χ4v) is 1.53. The Morgan fingerprint density at radius 1 is 0.947 bits per heavy atom. The minimum atomic E-state index is 0. The van der Waals surface area contributed by atoms with Gasteiger partial charge in [0.2, 0.25) is 0 Å². The van der Waals surface area contributed by atoms with Crippen LogP contribution in [0.25, 0.3) is 0 Å². The predicted molar refractivity (Wildman–Crippen MR) is 82.8 cm³/mol. The fraction of sp³-hybridized carbons (Fsp3) is 0.0714. The zero-order valence-corrected chi connectivity index (χ0v) is 12.0. The number of halogens is 1. The molecule has 100 valence electrons. The zero-order valence-electron chi connectivity index (χ0n) is 10.3. The highest BCUT2D eigenvalue weighted by Gasteiger charge is 2.03. The Morgan fingerprint density at radius 3 is 2.26 bits per heavy atom. The number of rotatable bonds is 4. The molecule has 0 heterocycles. The lowest BCUT2D eigenvalue weighted by molar-refractivity contribution is 0.476. The molecule has 0 amide bonds. The quantitative estimate of drug-likeness (QED) is 0.671. The molecule has 4 nitrogen and oxygen atoms in total. The fourth-order valence-electron chi connectivity index (χ4n) is 1.53. The second kappa shape index (κ2) is 7.43. The molecule has 0 bridgehead atoms. The summed E-state index contributed by atoms with van der Waals surface area (Å²) in [5, 5.41) is 0. The molecule has 0 fully saturated rings. The van der Waals surface area contributed by atoms with Gasteiger partial charge in [0.15, 0.2) is 5.96 Å². The van der Waals surface area contributed by atoms with Crippen molar-refractivity contribution in [1.29, 1.82) is 0 Å². The van der Waals surface area contributed by atoms with Gasteiger partial charge < -0.3 is 16.2 Å². The maximum Gasteiger partial charge on any atom is 0.186 e. The van der Waals surface area contributed by atoms with Crippen LogP contribution < -0.4 is 16.2 Å². The molecule has 0 aliphatic rings. The molecule has 19 heavy (non-hydrogen) atoms. The number of ether oxygens (including phenoxy) is 1. The van der Waals surface area contributed by atoms with Crippen LogP contribution in [0.3, 0.4) is 0 Å². The molecule has 0 unspecified atom stereocenters. The molecule has 2 rings (SSSR count). The summed E-state index contributed by atoms with van der Waals surface area (Å²) in [5.74, 6) is 1.62. The van der Waals surface area contributed by atoms with Gasteiger partial charge in [-0.3, -0.25) is 0 Å². The molecule has 2 aromatic rings. The van der Waals surface area contributed by atoms with Crippen molar-refractivity contribution in [3.63, 3.8) is 0 Å². The highest BCUT2D eigenvalue weighted by atomic mass is 79.9. The van der Waals surface area contributed by atoms with Gasteiger partial charge in [-0.2, -0.15) is 0 Å². The second-order valence-corrected chi connectivity index (χ2v) is 3.76. The third-order valence-electron chi connectivity index (χ3n) is 2.38. The van der Waals surface area contributed by atoms with Crippen molar-refractivity contribution in [2.45, 2.75) is 6.54 Å². The number of hydrogen-bond donors (Lipinski definition) is 2. The van der Waals surface area contributed by atoms with Crippen LogP contribution in [0.15, 0.2) is 59.6 Å². The van der Waals surface area contributed by atoms with E-state index in [0.29, 0.717) is 6.54 Å². The van der Waals surface area contributed by atoms with Crippen molar-refractivity contribution < 1.29 is 4.74 Å². The van der Waals surface area contributed by atoms with E-state index >= 15 is 0 Å². The van der Waals surface area contributed by atoms with E-state index in [1.807, 2.05) is 54.6 Å². The molecule has 5 heteroatoms. The summed E-state index contributed by atoms with van der Waals surface area (Å²) in [6.07, 6.45) is 0. The topological polar surface area (TPSA) is 73.6 Å². The van der Waals surface area contributed by atoms with E-state index in [1.165, 1.54) is 0 Å². The Balaban J connectivity index is 0.00000180. The van der Waals surface area contributed by atoms with Crippen LogP contribution in [0.4, 0.5) is 0 Å². The first-order valence-electron chi connectivity index (χ1n) is 5.62. The van der Waals surface area contributed by atoms with Crippen LogP contribution in [-0.4, -0.2) is 5.96 Å². The molecule has 0 aliphatic heterocycles. The second-order valence-electron chi connectivity index (χ2n) is 3.76. The van der Waals surface area contributed by atoms with Crippen molar-refractivity contribution >= 4 is 22.9 Å². The molecule has 0 saturated heterocycles. The summed E-state index contributed by atoms with van der Waals surface area (Å²) in [6.45, 7) is 0.408. The Kier molecular flexibility index (Phi) is 5.89. The van der Waals surface area contributed by atoms with Crippen molar-refractivity contribution in [1.82, 2.24) is 0 Å². The minimum Gasteiger partial charge on any atom is -0.457 e. The van der Waals surface area contributed by atoms with Gasteiger partial charge in [0.25, 0.3) is 0 Å². The standard InChI is InChI=1S/C14H15N3O.BrH/c15-14(16)17-10-11-6-4-5-9-13(11)18-12-7-2-1-3-8-12;/h1-9H,10H2,(H4,15,16,17);1H. The van der Waals surface area contributed by atoms with Crippen molar-refractivity contribution in [2.75, 3.05) is 0 Å². The third-order valence-corrected chi connectivity index (χ3v) is 2.38. The van der Waals surface area contributed by atoms with E-state index < -0.39 is 0 Å². The van der Waals surface area contributed by atoms with Crippen LogP contribution in [0.5, 0.6) is 11.5 Å². The van der Waals surface area contributed by atoms with Crippen LogP contribution in [-0.2, 0) is 6.54 Å². The Hall–Kier alpha value is -2.01. The van der Waals surface area contributed by atoms with Gasteiger partial charge in [0.1, 0.15) is 11.5 Å². The molecule has 2 aromatic carbocycles. The maximum absolute atomic E-state index is 5.79. The zero-order chi connectivity index (χ0) is 12.8. The summed E-state index contributed by atoms with van der Waals surface area (Å²) in [5.41, 5.74) is 11.6. The van der Waals surface area contributed by atoms with E-state index in [4.69, 9.17) is 16.2 Å². The average Bonchev–Trinajstić information content (AvgIpc) is 2.39. The molecular formula is C14H16BrN3O. The Labute approximate surface area is 122 Å². The van der Waals surface area contributed by atoms with Crippen LogP contribution in [0.2, 0.25) is 0 Å². The molecule has 0 spiro atoms. The summed E-state index contributed by atoms with van der Waals surface area (Å²) in [7, 11) is 0. The lowest BCUT2D eigenvalue weighted by Crippen LogP contribution is -2.22. The van der Waals surface area contributed by atoms with Crippen molar-refractivity contribution in [2.24, 2.45) is 16.5 Å². The largest absolute Gasteiger partial charge is 0.457 e. The van der Waals surface area contributed by atoms with Gasteiger partial charge in [0.05, 0.1) is 6.54 Å². The number of nitrogens with two attached hydrogens (primary N) is 2. The lowest BCUT2D eigenvalue weighted by atomic mass is 10.2. The molecular weight excluding hydrogens is 306 g/mol. The normalized spacial score (nSPS) is 9.26. The first-order chi connectivity index (χ1) is 8.75. The van der Waals surface area contributed by atoms with Gasteiger partial charge in [-0.25, -0.2) is 4.99 Å². The third kappa shape index (κ3) is 4.63. The number of aliphatic imine (C=N–C) groups is 1. The summed E-state index contributed by atoms with van der Waals surface area (Å²) >= 11 is 0. The van der Waals surface area contributed by atoms with Crippen LogP contribution in [0.1, 0.15) is 5.56 Å². The van der Waals surface area contributed by atoms with Crippen LogP contribution in [0, 0.1) is 0 Å². The van der Waals surface area contributed by atoms with Crippen molar-refractivity contribution in [3.05, 3.63) is 60.2 Å². The number of benzene rings is 2. The van der Waals surface area contributed by atoms with E-state index in [0.717, 1.165) is 17.1 Å². The van der Waals surface area contributed by atoms with E-state index in [2.05, 4.69) is 4.99 Å². The van der Waals surface area contributed by atoms with Gasteiger partial charge in [-0.15, -0.1) is 17.0 Å². The Bertz CT molecular complexity index is 539. The van der Waals surface area contributed by atoms with Crippen LogP contribution >= 0.6 is 17.0 Å². The number of nitrogens with zero attached hydrogens (tertiary/aromatic N) is 1.